The Morgan fingerprint density at radius 2 is 2.17 bits per heavy atom. The molecule has 1 N–H and O–H groups in total. The number of hydrogen-bond donors (Lipinski definition) is 1. The van der Waals surface area contributed by atoms with Gasteiger partial charge in [-0.25, -0.2) is 0 Å². The molecule has 0 spiro atoms. The van der Waals surface area contributed by atoms with Gasteiger partial charge >= 0.3 is 0 Å². The van der Waals surface area contributed by atoms with Crippen molar-refractivity contribution in [2.45, 2.75) is 25.4 Å². The summed E-state index contributed by atoms with van der Waals surface area (Å²) in [6, 6.07) is 3.48. The number of benzene rings is 1. The number of terminal acetylenes is 1. The Morgan fingerprint density at radius 3 is 2.94 bits per heavy atom. The van der Waals surface area contributed by atoms with E-state index in [2.05, 4.69) is 5.92 Å². The quantitative estimate of drug-likeness (QED) is 0.855. The highest BCUT2D eigenvalue weighted by Gasteiger charge is 2.18. The SMILES string of the molecule is C#CCCC(O)c1cc(Cl)c2c(c1)OCCCO2. The van der Waals surface area contributed by atoms with Crippen LogP contribution < -0.4 is 9.47 Å². The minimum atomic E-state index is -0.629. The number of hydrogen-bond acceptors (Lipinski definition) is 3. The average Bonchev–Trinajstić information content (AvgIpc) is 2.61. The van der Waals surface area contributed by atoms with E-state index in [1.54, 1.807) is 12.1 Å². The molecule has 0 bridgehead atoms. The van der Waals surface area contributed by atoms with E-state index in [0.717, 1.165) is 6.42 Å². The van der Waals surface area contributed by atoms with Crippen LogP contribution in [-0.2, 0) is 0 Å². The summed E-state index contributed by atoms with van der Waals surface area (Å²) in [5.74, 6) is 3.66. The lowest BCUT2D eigenvalue weighted by atomic mass is 10.0. The van der Waals surface area contributed by atoms with Gasteiger partial charge in [-0.1, -0.05) is 11.6 Å². The Labute approximate surface area is 112 Å². The minimum Gasteiger partial charge on any atom is -0.489 e. The number of fused-ring (bicyclic) bond motifs is 1. The van der Waals surface area contributed by atoms with Crippen LogP contribution in [0.25, 0.3) is 0 Å². The van der Waals surface area contributed by atoms with Crippen LogP contribution in [0.15, 0.2) is 12.1 Å². The number of aliphatic hydroxyl groups excluding tert-OH is 1. The minimum absolute atomic E-state index is 0.462. The molecule has 0 radical (unpaired) electrons. The third-order valence-corrected chi connectivity index (χ3v) is 3.05. The third-order valence-electron chi connectivity index (χ3n) is 2.77. The Bertz CT molecular complexity index is 465. The fourth-order valence-electron chi connectivity index (χ4n) is 1.83. The predicted molar refractivity (Wildman–Crippen MR) is 70.1 cm³/mol. The molecule has 0 amide bonds. The first-order valence-electron chi connectivity index (χ1n) is 5.93. The second-order valence-electron chi connectivity index (χ2n) is 4.14. The van der Waals surface area contributed by atoms with E-state index >= 15 is 0 Å². The van der Waals surface area contributed by atoms with Crippen molar-refractivity contribution >= 4 is 11.6 Å². The van der Waals surface area contributed by atoms with Gasteiger partial charge in [0.25, 0.3) is 0 Å². The number of rotatable bonds is 3. The van der Waals surface area contributed by atoms with Crippen molar-refractivity contribution in [3.8, 4) is 23.8 Å². The fraction of sp³-hybridized carbons (Fsp3) is 0.429. The van der Waals surface area contributed by atoms with Gasteiger partial charge in [-0.3, -0.25) is 0 Å². The first-order valence-corrected chi connectivity index (χ1v) is 6.30. The van der Waals surface area contributed by atoms with Crippen molar-refractivity contribution in [3.05, 3.63) is 22.7 Å². The van der Waals surface area contributed by atoms with E-state index in [1.807, 2.05) is 0 Å². The molecule has 0 saturated heterocycles. The van der Waals surface area contributed by atoms with Gasteiger partial charge < -0.3 is 14.6 Å². The summed E-state index contributed by atoms with van der Waals surface area (Å²) in [7, 11) is 0. The molecular weight excluding hydrogens is 252 g/mol. The molecule has 1 aliphatic rings. The Kier molecular flexibility index (Phi) is 4.35. The monoisotopic (exact) mass is 266 g/mol. The zero-order valence-corrected chi connectivity index (χ0v) is 10.7. The summed E-state index contributed by atoms with van der Waals surface area (Å²) in [6.07, 6.45) is 6.40. The van der Waals surface area contributed by atoms with Gasteiger partial charge in [0.1, 0.15) is 0 Å². The van der Waals surface area contributed by atoms with Crippen LogP contribution >= 0.6 is 11.6 Å². The van der Waals surface area contributed by atoms with Gasteiger partial charge in [0.05, 0.1) is 24.3 Å². The Balaban J connectivity index is 2.26. The number of aliphatic hydroxyl groups is 1. The summed E-state index contributed by atoms with van der Waals surface area (Å²) >= 11 is 6.14. The Hall–Kier alpha value is -1.37. The topological polar surface area (TPSA) is 38.7 Å². The normalized spacial score (nSPS) is 15.6. The van der Waals surface area contributed by atoms with Crippen molar-refractivity contribution in [1.29, 1.82) is 0 Å². The van der Waals surface area contributed by atoms with Gasteiger partial charge in [0, 0.05) is 12.8 Å². The van der Waals surface area contributed by atoms with Crippen molar-refractivity contribution < 1.29 is 14.6 Å². The van der Waals surface area contributed by atoms with Gasteiger partial charge in [-0.15, -0.1) is 12.3 Å². The summed E-state index contributed by atoms with van der Waals surface area (Å²) in [4.78, 5) is 0. The fourth-order valence-corrected chi connectivity index (χ4v) is 2.10. The zero-order chi connectivity index (χ0) is 13.0. The maximum atomic E-state index is 10.00. The van der Waals surface area contributed by atoms with E-state index in [0.29, 0.717) is 48.1 Å². The third kappa shape index (κ3) is 2.90. The average molecular weight is 267 g/mol. The molecule has 1 atom stereocenters. The number of ether oxygens (including phenoxy) is 2. The molecule has 0 aliphatic carbocycles. The second-order valence-corrected chi connectivity index (χ2v) is 4.55. The smallest absolute Gasteiger partial charge is 0.179 e. The van der Waals surface area contributed by atoms with Crippen molar-refractivity contribution in [2.24, 2.45) is 0 Å². The van der Waals surface area contributed by atoms with E-state index in [9.17, 15) is 5.11 Å². The zero-order valence-electron chi connectivity index (χ0n) is 9.99. The van der Waals surface area contributed by atoms with E-state index < -0.39 is 6.10 Å². The van der Waals surface area contributed by atoms with Crippen molar-refractivity contribution in [1.82, 2.24) is 0 Å². The van der Waals surface area contributed by atoms with E-state index in [-0.39, 0.29) is 0 Å². The summed E-state index contributed by atoms with van der Waals surface area (Å²) in [6.45, 7) is 1.18. The molecule has 4 heteroatoms. The van der Waals surface area contributed by atoms with Crippen molar-refractivity contribution in [3.63, 3.8) is 0 Å². The van der Waals surface area contributed by atoms with Crippen LogP contribution in [0.3, 0.4) is 0 Å². The predicted octanol–water partition coefficient (Wildman–Crippen LogP) is 2.95. The van der Waals surface area contributed by atoms with Crippen LogP contribution in [0.2, 0.25) is 5.02 Å². The first kappa shape index (κ1) is 13.1. The molecule has 1 aromatic carbocycles. The van der Waals surface area contributed by atoms with Crippen LogP contribution in [0.1, 0.15) is 30.9 Å². The first-order chi connectivity index (χ1) is 8.72. The highest BCUT2D eigenvalue weighted by molar-refractivity contribution is 6.32. The standard InChI is InChI=1S/C14H15ClO3/c1-2-3-5-12(16)10-8-11(15)14-13(9-10)17-6-4-7-18-14/h1,8-9,12,16H,3-7H2. The molecule has 1 aliphatic heterocycles. The molecule has 0 fully saturated rings. The lowest BCUT2D eigenvalue weighted by Gasteiger charge is -2.14. The molecule has 0 aromatic heterocycles. The number of halogens is 1. The maximum Gasteiger partial charge on any atom is 0.179 e. The maximum absolute atomic E-state index is 10.00. The highest BCUT2D eigenvalue weighted by atomic mass is 35.5. The van der Waals surface area contributed by atoms with Crippen LogP contribution in [-0.4, -0.2) is 18.3 Å². The molecule has 96 valence electrons. The molecule has 18 heavy (non-hydrogen) atoms. The van der Waals surface area contributed by atoms with Gasteiger partial charge in [0.15, 0.2) is 11.5 Å². The molecule has 0 saturated carbocycles. The van der Waals surface area contributed by atoms with E-state index in [1.165, 1.54) is 0 Å². The van der Waals surface area contributed by atoms with Gasteiger partial charge in [-0.2, -0.15) is 0 Å². The molecular formula is C14H15ClO3. The van der Waals surface area contributed by atoms with Gasteiger partial charge in [0.2, 0.25) is 0 Å². The highest BCUT2D eigenvalue weighted by Crippen LogP contribution is 2.39. The summed E-state index contributed by atoms with van der Waals surface area (Å²) in [5.41, 5.74) is 0.708. The summed E-state index contributed by atoms with van der Waals surface area (Å²) < 4.78 is 11.1. The van der Waals surface area contributed by atoms with Crippen LogP contribution in [0, 0.1) is 12.3 Å². The summed E-state index contributed by atoms with van der Waals surface area (Å²) in [5, 5.41) is 10.5. The molecule has 2 rings (SSSR count). The lowest BCUT2D eigenvalue weighted by molar-refractivity contribution is 0.169. The molecule has 1 heterocycles. The lowest BCUT2D eigenvalue weighted by Crippen LogP contribution is -2.00. The van der Waals surface area contributed by atoms with Crippen LogP contribution in [0.4, 0.5) is 0 Å². The molecule has 3 nitrogen and oxygen atoms in total. The molecule has 1 aromatic rings. The largest absolute Gasteiger partial charge is 0.489 e. The van der Waals surface area contributed by atoms with Gasteiger partial charge in [-0.05, 0) is 24.1 Å². The van der Waals surface area contributed by atoms with Crippen LogP contribution in [0.5, 0.6) is 11.5 Å². The van der Waals surface area contributed by atoms with E-state index in [4.69, 9.17) is 27.5 Å². The Morgan fingerprint density at radius 1 is 1.39 bits per heavy atom. The molecule has 1 unspecified atom stereocenters. The van der Waals surface area contributed by atoms with Crippen molar-refractivity contribution in [2.75, 3.05) is 13.2 Å². The second kappa shape index (κ2) is 5.99.